The first kappa shape index (κ1) is 32.0. The molecule has 232 valence electrons. The highest BCUT2D eigenvalue weighted by Gasteiger charge is 2.37. The summed E-state index contributed by atoms with van der Waals surface area (Å²) >= 11 is 0. The van der Waals surface area contributed by atoms with E-state index in [9.17, 15) is 27.9 Å². The standard InChI is InChI=1S/C30H35F3N4O6/c1-19-4-7-21(8-5-19)28(38)37(22(17-41-2)18-42-3)26-10-9-23(15-24(26)29(39)40)43-27-11-6-20(14-25(27)30(31,32)33)16-36-13-12-34-35-36/h6,9-15,19,21-22H,4-5,7-8,16-18H2,1-3H3,(H,39,40)/t19-,21-. The summed E-state index contributed by atoms with van der Waals surface area (Å²) in [6.07, 6.45) is 1.28. The molecule has 0 atom stereocenters. The number of hydrogen-bond acceptors (Lipinski definition) is 7. The van der Waals surface area contributed by atoms with Gasteiger partial charge in [-0.1, -0.05) is 18.2 Å². The Kier molecular flexibility index (Phi) is 10.4. The minimum absolute atomic E-state index is 0.0646. The third-order valence-corrected chi connectivity index (χ3v) is 7.54. The molecular formula is C30H35F3N4O6. The molecule has 0 bridgehead atoms. The number of aromatic carboxylic acids is 1. The number of benzene rings is 2. The van der Waals surface area contributed by atoms with E-state index in [2.05, 4.69) is 17.2 Å². The van der Waals surface area contributed by atoms with E-state index in [-0.39, 0.29) is 48.6 Å². The predicted molar refractivity (Wildman–Crippen MR) is 150 cm³/mol. The number of aromatic nitrogens is 3. The lowest BCUT2D eigenvalue weighted by Gasteiger charge is -2.36. The Balaban J connectivity index is 1.70. The Bertz CT molecular complexity index is 1390. The van der Waals surface area contributed by atoms with Gasteiger partial charge in [-0.15, -0.1) is 5.10 Å². The van der Waals surface area contributed by atoms with Gasteiger partial charge in [-0.25, -0.2) is 9.48 Å². The van der Waals surface area contributed by atoms with Gasteiger partial charge in [-0.05, 0) is 67.5 Å². The van der Waals surface area contributed by atoms with Crippen LogP contribution >= 0.6 is 0 Å². The van der Waals surface area contributed by atoms with Gasteiger partial charge in [0.15, 0.2) is 0 Å². The first-order chi connectivity index (χ1) is 20.5. The van der Waals surface area contributed by atoms with Crippen LogP contribution in [0.15, 0.2) is 48.8 Å². The van der Waals surface area contributed by atoms with Gasteiger partial charge in [0.25, 0.3) is 0 Å². The van der Waals surface area contributed by atoms with Crippen LogP contribution in [0.25, 0.3) is 0 Å². The highest BCUT2D eigenvalue weighted by molar-refractivity contribution is 6.03. The third-order valence-electron chi connectivity index (χ3n) is 7.54. The monoisotopic (exact) mass is 604 g/mol. The molecule has 2 aromatic carbocycles. The van der Waals surface area contributed by atoms with E-state index >= 15 is 0 Å². The SMILES string of the molecule is COCC(COC)N(c1ccc(Oc2ccc(Cn3ccnn3)cc2C(F)(F)F)cc1C(=O)O)C(=O)[C@H]1CC[C@H](C)CC1. The lowest BCUT2D eigenvalue weighted by Crippen LogP contribution is -2.49. The van der Waals surface area contributed by atoms with Gasteiger partial charge in [0.2, 0.25) is 5.91 Å². The molecule has 1 fully saturated rings. The maximum absolute atomic E-state index is 14.0. The van der Waals surface area contributed by atoms with E-state index in [0.717, 1.165) is 25.0 Å². The van der Waals surface area contributed by atoms with E-state index < -0.39 is 29.5 Å². The second-order valence-electron chi connectivity index (χ2n) is 10.7. The van der Waals surface area contributed by atoms with E-state index in [1.807, 2.05) is 0 Å². The molecule has 4 rings (SSSR count). The van der Waals surface area contributed by atoms with Gasteiger partial charge in [-0.2, -0.15) is 13.2 Å². The van der Waals surface area contributed by atoms with Gasteiger partial charge in [0.1, 0.15) is 11.5 Å². The zero-order chi connectivity index (χ0) is 31.1. The third kappa shape index (κ3) is 7.90. The molecule has 1 aromatic heterocycles. The maximum Gasteiger partial charge on any atom is 0.419 e. The number of alkyl halides is 3. The summed E-state index contributed by atoms with van der Waals surface area (Å²) in [6, 6.07) is 6.82. The van der Waals surface area contributed by atoms with Crippen molar-refractivity contribution < 1.29 is 42.1 Å². The van der Waals surface area contributed by atoms with Crippen molar-refractivity contribution in [2.45, 2.75) is 51.4 Å². The largest absolute Gasteiger partial charge is 0.478 e. The number of amides is 1. The molecule has 43 heavy (non-hydrogen) atoms. The highest BCUT2D eigenvalue weighted by Crippen LogP contribution is 2.40. The number of nitrogens with zero attached hydrogens (tertiary/aromatic N) is 4. The van der Waals surface area contributed by atoms with Crippen molar-refractivity contribution in [1.29, 1.82) is 0 Å². The predicted octanol–water partition coefficient (Wildman–Crippen LogP) is 5.66. The van der Waals surface area contributed by atoms with Crippen LogP contribution in [0, 0.1) is 11.8 Å². The second kappa shape index (κ2) is 14.0. The van der Waals surface area contributed by atoms with Gasteiger partial charge in [0.05, 0.1) is 48.8 Å². The number of anilines is 1. The summed E-state index contributed by atoms with van der Waals surface area (Å²) in [5.41, 5.74) is -0.930. The Morgan fingerprint density at radius 1 is 1.07 bits per heavy atom. The highest BCUT2D eigenvalue weighted by atomic mass is 19.4. The normalized spacial score (nSPS) is 17.2. The first-order valence-corrected chi connectivity index (χ1v) is 13.9. The quantitative estimate of drug-likeness (QED) is 0.282. The van der Waals surface area contributed by atoms with Crippen LogP contribution in [0.3, 0.4) is 0 Å². The Labute approximate surface area is 247 Å². The van der Waals surface area contributed by atoms with Gasteiger partial charge in [0, 0.05) is 26.3 Å². The summed E-state index contributed by atoms with van der Waals surface area (Å²) < 4.78 is 59.8. The Morgan fingerprint density at radius 2 is 1.77 bits per heavy atom. The summed E-state index contributed by atoms with van der Waals surface area (Å²) in [5, 5.41) is 17.6. The van der Waals surface area contributed by atoms with Crippen molar-refractivity contribution in [2.24, 2.45) is 11.8 Å². The van der Waals surface area contributed by atoms with E-state index in [0.29, 0.717) is 24.3 Å². The molecule has 1 heterocycles. The van der Waals surface area contributed by atoms with Crippen molar-refractivity contribution in [3.05, 3.63) is 65.5 Å². The molecule has 3 aromatic rings. The second-order valence-corrected chi connectivity index (χ2v) is 10.7. The van der Waals surface area contributed by atoms with Crippen molar-refractivity contribution in [2.75, 3.05) is 32.3 Å². The molecule has 0 aliphatic heterocycles. The minimum Gasteiger partial charge on any atom is -0.478 e. The average Bonchev–Trinajstić information content (AvgIpc) is 3.47. The van der Waals surface area contributed by atoms with Crippen LogP contribution in [0.4, 0.5) is 18.9 Å². The van der Waals surface area contributed by atoms with E-state index in [4.69, 9.17) is 14.2 Å². The summed E-state index contributed by atoms with van der Waals surface area (Å²) in [7, 11) is 2.94. The molecular weight excluding hydrogens is 569 g/mol. The first-order valence-electron chi connectivity index (χ1n) is 13.9. The van der Waals surface area contributed by atoms with Gasteiger partial charge < -0.3 is 24.2 Å². The number of rotatable bonds is 12. The summed E-state index contributed by atoms with van der Waals surface area (Å²) in [6.45, 7) is 2.36. The molecule has 1 amide bonds. The number of carbonyl (C=O) groups excluding carboxylic acids is 1. The molecule has 0 spiro atoms. The number of methoxy groups -OCH3 is 2. The number of carboxylic acid groups (broad SMARTS) is 1. The topological polar surface area (TPSA) is 116 Å². The average molecular weight is 605 g/mol. The molecule has 0 unspecified atom stereocenters. The molecule has 0 radical (unpaired) electrons. The molecule has 1 aliphatic carbocycles. The number of carboxylic acids is 1. The fourth-order valence-electron chi connectivity index (χ4n) is 5.36. The van der Waals surface area contributed by atoms with Crippen molar-refractivity contribution in [3.63, 3.8) is 0 Å². The molecule has 1 aliphatic rings. The summed E-state index contributed by atoms with van der Waals surface area (Å²) in [5.74, 6) is -2.07. The zero-order valence-corrected chi connectivity index (χ0v) is 24.2. The van der Waals surface area contributed by atoms with Crippen molar-refractivity contribution >= 4 is 17.6 Å². The zero-order valence-electron chi connectivity index (χ0n) is 24.2. The van der Waals surface area contributed by atoms with Crippen LogP contribution in [0.5, 0.6) is 11.5 Å². The smallest absolute Gasteiger partial charge is 0.419 e. The molecule has 1 saturated carbocycles. The van der Waals surface area contributed by atoms with Crippen LogP contribution in [-0.4, -0.2) is 65.5 Å². The van der Waals surface area contributed by atoms with Gasteiger partial charge >= 0.3 is 12.1 Å². The van der Waals surface area contributed by atoms with Crippen molar-refractivity contribution in [3.8, 4) is 11.5 Å². The lowest BCUT2D eigenvalue weighted by molar-refractivity contribution is -0.138. The number of halogens is 3. The number of hydrogen-bond donors (Lipinski definition) is 1. The molecule has 0 saturated heterocycles. The van der Waals surface area contributed by atoms with Crippen LogP contribution in [0.1, 0.15) is 54.1 Å². The van der Waals surface area contributed by atoms with Crippen molar-refractivity contribution in [1.82, 2.24) is 15.0 Å². The lowest BCUT2D eigenvalue weighted by atomic mass is 9.82. The Hall–Kier alpha value is -3.97. The van der Waals surface area contributed by atoms with Crippen LogP contribution in [-0.2, 0) is 27.0 Å². The number of carbonyl (C=O) groups is 2. The van der Waals surface area contributed by atoms with E-state index in [1.54, 1.807) is 0 Å². The fourth-order valence-corrected chi connectivity index (χ4v) is 5.36. The summed E-state index contributed by atoms with van der Waals surface area (Å²) in [4.78, 5) is 27.8. The maximum atomic E-state index is 14.0. The number of ether oxygens (including phenoxy) is 3. The fraction of sp³-hybridized carbons (Fsp3) is 0.467. The molecule has 1 N–H and O–H groups in total. The molecule has 10 nitrogen and oxygen atoms in total. The van der Waals surface area contributed by atoms with Crippen LogP contribution < -0.4 is 9.64 Å². The van der Waals surface area contributed by atoms with E-state index in [1.165, 1.54) is 60.5 Å². The molecule has 13 heteroatoms. The Morgan fingerprint density at radius 3 is 2.35 bits per heavy atom. The minimum atomic E-state index is -4.75. The van der Waals surface area contributed by atoms with Crippen LogP contribution in [0.2, 0.25) is 0 Å². The van der Waals surface area contributed by atoms with Gasteiger partial charge in [-0.3, -0.25) is 4.79 Å².